The lowest BCUT2D eigenvalue weighted by molar-refractivity contribution is 0.102. The number of carbonyl (C=O) groups excluding carboxylic acids is 1. The van der Waals surface area contributed by atoms with Crippen LogP contribution in [0.25, 0.3) is 0 Å². The number of aromatic nitrogens is 2. The Labute approximate surface area is 161 Å². The molecule has 0 aliphatic rings. The third kappa shape index (κ3) is 4.65. The molecule has 2 aromatic carbocycles. The Bertz CT molecular complexity index is 931. The highest BCUT2D eigenvalue weighted by molar-refractivity contribution is 6.32. The van der Waals surface area contributed by atoms with Crippen LogP contribution in [-0.2, 0) is 0 Å². The molecule has 1 amide bonds. The van der Waals surface area contributed by atoms with E-state index in [2.05, 4.69) is 20.6 Å². The normalized spacial score (nSPS) is 10.2. The molecule has 8 heteroatoms. The molecule has 3 rings (SSSR count). The van der Waals surface area contributed by atoms with E-state index in [1.807, 2.05) is 24.3 Å². The van der Waals surface area contributed by atoms with Crippen molar-refractivity contribution < 1.29 is 14.3 Å². The number of benzene rings is 2. The highest BCUT2D eigenvalue weighted by Crippen LogP contribution is 2.27. The lowest BCUT2D eigenvalue weighted by Crippen LogP contribution is -2.14. The van der Waals surface area contributed by atoms with Crippen LogP contribution in [0.1, 0.15) is 10.5 Å². The van der Waals surface area contributed by atoms with Gasteiger partial charge in [0.15, 0.2) is 0 Å². The number of nitrogens with zero attached hydrogens (tertiary/aromatic N) is 2. The second-order valence-corrected chi connectivity index (χ2v) is 5.85. The van der Waals surface area contributed by atoms with Crippen molar-refractivity contribution in [2.24, 2.45) is 0 Å². The maximum absolute atomic E-state index is 12.3. The second-order valence-electron chi connectivity index (χ2n) is 5.44. The Morgan fingerprint density at radius 3 is 2.30 bits per heavy atom. The molecule has 0 fully saturated rings. The number of rotatable bonds is 6. The molecule has 27 heavy (non-hydrogen) atoms. The van der Waals surface area contributed by atoms with E-state index in [-0.39, 0.29) is 11.6 Å². The first kappa shape index (κ1) is 18.5. The number of hydrogen-bond donors (Lipinski definition) is 2. The third-order valence-electron chi connectivity index (χ3n) is 3.66. The first-order valence-corrected chi connectivity index (χ1v) is 8.35. The first-order valence-electron chi connectivity index (χ1n) is 7.97. The summed E-state index contributed by atoms with van der Waals surface area (Å²) in [6.45, 7) is 0. The van der Waals surface area contributed by atoms with Crippen LogP contribution in [0.3, 0.4) is 0 Å². The Balaban J connectivity index is 1.65. The van der Waals surface area contributed by atoms with Gasteiger partial charge in [-0.25, -0.2) is 9.97 Å². The summed E-state index contributed by atoms with van der Waals surface area (Å²) >= 11 is 6.06. The molecule has 0 radical (unpaired) electrons. The van der Waals surface area contributed by atoms with Gasteiger partial charge in [-0.1, -0.05) is 11.6 Å². The van der Waals surface area contributed by atoms with Gasteiger partial charge >= 0.3 is 0 Å². The molecule has 0 atom stereocenters. The van der Waals surface area contributed by atoms with Gasteiger partial charge in [0.2, 0.25) is 0 Å². The summed E-state index contributed by atoms with van der Waals surface area (Å²) in [7, 11) is 3.13. The van der Waals surface area contributed by atoms with Crippen molar-refractivity contribution in [2.75, 3.05) is 24.9 Å². The SMILES string of the molecule is COc1ccc(Nc2cnc(C(=O)Nc3ccc(OC)c(Cl)c3)cn2)cc1. The average molecular weight is 385 g/mol. The molecule has 1 heterocycles. The lowest BCUT2D eigenvalue weighted by Gasteiger charge is -2.09. The predicted molar refractivity (Wildman–Crippen MR) is 104 cm³/mol. The summed E-state index contributed by atoms with van der Waals surface area (Å²) < 4.78 is 10.2. The Hall–Kier alpha value is -3.32. The largest absolute Gasteiger partial charge is 0.497 e. The molecule has 0 saturated heterocycles. The van der Waals surface area contributed by atoms with Crippen LogP contribution in [0.4, 0.5) is 17.2 Å². The highest BCUT2D eigenvalue weighted by atomic mass is 35.5. The van der Waals surface area contributed by atoms with Crippen molar-refractivity contribution in [3.05, 3.63) is 65.6 Å². The monoisotopic (exact) mass is 384 g/mol. The number of halogens is 1. The van der Waals surface area contributed by atoms with Crippen LogP contribution in [0.15, 0.2) is 54.9 Å². The van der Waals surface area contributed by atoms with Gasteiger partial charge in [-0.3, -0.25) is 4.79 Å². The van der Waals surface area contributed by atoms with Crippen LogP contribution in [-0.4, -0.2) is 30.1 Å². The zero-order valence-electron chi connectivity index (χ0n) is 14.7. The van der Waals surface area contributed by atoms with E-state index < -0.39 is 0 Å². The van der Waals surface area contributed by atoms with Crippen molar-refractivity contribution in [3.63, 3.8) is 0 Å². The summed E-state index contributed by atoms with van der Waals surface area (Å²) in [5, 5.41) is 6.22. The van der Waals surface area contributed by atoms with Crippen molar-refractivity contribution in [2.45, 2.75) is 0 Å². The first-order chi connectivity index (χ1) is 13.1. The Morgan fingerprint density at radius 1 is 0.963 bits per heavy atom. The molecule has 138 valence electrons. The predicted octanol–water partition coefficient (Wildman–Crippen LogP) is 4.14. The number of carbonyl (C=O) groups is 1. The number of ether oxygens (including phenoxy) is 2. The number of hydrogen-bond acceptors (Lipinski definition) is 6. The van der Waals surface area contributed by atoms with Gasteiger partial charge in [-0.05, 0) is 42.5 Å². The zero-order valence-corrected chi connectivity index (χ0v) is 15.4. The van der Waals surface area contributed by atoms with Crippen LogP contribution in [0.2, 0.25) is 5.02 Å². The topological polar surface area (TPSA) is 85.4 Å². The smallest absolute Gasteiger partial charge is 0.275 e. The van der Waals surface area contributed by atoms with E-state index in [1.54, 1.807) is 25.3 Å². The van der Waals surface area contributed by atoms with Crippen LogP contribution >= 0.6 is 11.6 Å². The summed E-state index contributed by atoms with van der Waals surface area (Å²) in [6, 6.07) is 12.3. The van der Waals surface area contributed by atoms with Crippen molar-refractivity contribution >= 4 is 34.7 Å². The quantitative estimate of drug-likeness (QED) is 0.664. The second kappa shape index (κ2) is 8.37. The molecular formula is C19H17ClN4O3. The molecule has 0 aliphatic heterocycles. The van der Waals surface area contributed by atoms with E-state index >= 15 is 0 Å². The summed E-state index contributed by atoms with van der Waals surface area (Å²) in [5.74, 6) is 1.42. The standard InChI is InChI=1S/C19H17ClN4O3/c1-26-14-6-3-12(4-7-14)23-18-11-21-16(10-22-18)19(25)24-13-5-8-17(27-2)15(20)9-13/h3-11H,1-2H3,(H,22,23)(H,24,25). The lowest BCUT2D eigenvalue weighted by atomic mass is 10.3. The van der Waals surface area contributed by atoms with Gasteiger partial charge in [0.25, 0.3) is 5.91 Å². The van der Waals surface area contributed by atoms with Crippen LogP contribution < -0.4 is 20.1 Å². The van der Waals surface area contributed by atoms with E-state index in [0.717, 1.165) is 11.4 Å². The van der Waals surface area contributed by atoms with Gasteiger partial charge in [-0.15, -0.1) is 0 Å². The highest BCUT2D eigenvalue weighted by Gasteiger charge is 2.10. The van der Waals surface area contributed by atoms with Crippen molar-refractivity contribution in [3.8, 4) is 11.5 Å². The van der Waals surface area contributed by atoms with E-state index in [1.165, 1.54) is 19.5 Å². The molecule has 0 spiro atoms. The number of amides is 1. The van der Waals surface area contributed by atoms with Gasteiger partial charge in [-0.2, -0.15) is 0 Å². The molecule has 3 aromatic rings. The summed E-state index contributed by atoms with van der Waals surface area (Å²) in [4.78, 5) is 20.7. The van der Waals surface area contributed by atoms with E-state index in [0.29, 0.717) is 22.3 Å². The molecule has 0 unspecified atom stereocenters. The number of anilines is 3. The molecule has 0 saturated carbocycles. The molecular weight excluding hydrogens is 368 g/mol. The molecule has 0 aliphatic carbocycles. The molecule has 2 N–H and O–H groups in total. The van der Waals surface area contributed by atoms with Gasteiger partial charge in [0.05, 0.1) is 31.6 Å². The Kier molecular flexibility index (Phi) is 5.73. The minimum absolute atomic E-state index is 0.183. The molecule has 1 aromatic heterocycles. The fourth-order valence-corrected chi connectivity index (χ4v) is 2.53. The summed E-state index contributed by atoms with van der Waals surface area (Å²) in [6.07, 6.45) is 2.88. The maximum Gasteiger partial charge on any atom is 0.275 e. The fraction of sp³-hybridized carbons (Fsp3) is 0.105. The average Bonchev–Trinajstić information content (AvgIpc) is 2.69. The van der Waals surface area contributed by atoms with Crippen molar-refractivity contribution in [1.82, 2.24) is 9.97 Å². The molecule has 7 nitrogen and oxygen atoms in total. The third-order valence-corrected chi connectivity index (χ3v) is 3.95. The van der Waals surface area contributed by atoms with Gasteiger partial charge in [0.1, 0.15) is 23.0 Å². The summed E-state index contributed by atoms with van der Waals surface area (Å²) in [5.41, 5.74) is 1.55. The number of methoxy groups -OCH3 is 2. The molecule has 0 bridgehead atoms. The van der Waals surface area contributed by atoms with Crippen LogP contribution in [0.5, 0.6) is 11.5 Å². The van der Waals surface area contributed by atoms with Crippen molar-refractivity contribution in [1.29, 1.82) is 0 Å². The number of nitrogens with one attached hydrogen (secondary N) is 2. The van der Waals surface area contributed by atoms with E-state index in [4.69, 9.17) is 21.1 Å². The minimum atomic E-state index is -0.389. The van der Waals surface area contributed by atoms with Gasteiger partial charge in [0, 0.05) is 11.4 Å². The van der Waals surface area contributed by atoms with Crippen LogP contribution in [0, 0.1) is 0 Å². The van der Waals surface area contributed by atoms with E-state index in [9.17, 15) is 4.79 Å². The van der Waals surface area contributed by atoms with Gasteiger partial charge < -0.3 is 20.1 Å². The minimum Gasteiger partial charge on any atom is -0.497 e. The maximum atomic E-state index is 12.3. The fourth-order valence-electron chi connectivity index (χ4n) is 2.27. The Morgan fingerprint density at radius 2 is 1.70 bits per heavy atom. The zero-order chi connectivity index (χ0) is 19.2.